The maximum absolute atomic E-state index is 9.63. The number of rotatable bonds is 0. The SMILES string of the molecule is C.C.CC(=O)O.COC(C)=O.CS(C)(=O)=O.[CH3-].[Y].c1ccccc1. The first kappa shape index (κ1) is 43.6. The number of benzene rings is 1. The van der Waals surface area contributed by atoms with Crippen LogP contribution in [0.1, 0.15) is 28.7 Å². The number of sulfone groups is 1. The van der Waals surface area contributed by atoms with Gasteiger partial charge in [0.25, 0.3) is 5.97 Å². The monoisotopic (exact) mass is 442 g/mol. The van der Waals surface area contributed by atoms with E-state index in [0.29, 0.717) is 0 Å². The summed E-state index contributed by atoms with van der Waals surface area (Å²) in [6, 6.07) is 12.0. The number of methoxy groups -OCH3 is 1. The summed E-state index contributed by atoms with van der Waals surface area (Å²) in [7, 11) is -1.32. The van der Waals surface area contributed by atoms with Gasteiger partial charge in [0.15, 0.2) is 0 Å². The number of aliphatic carboxylic acids is 1. The second kappa shape index (κ2) is 30.1. The largest absolute Gasteiger partial charge is 0.481 e. The second-order valence-corrected chi connectivity index (χ2v) is 5.80. The van der Waals surface area contributed by atoms with E-state index >= 15 is 0 Å². The topological polar surface area (TPSA) is 97.7 Å². The summed E-state index contributed by atoms with van der Waals surface area (Å²) in [5, 5.41) is 7.42. The van der Waals surface area contributed by atoms with Gasteiger partial charge in [0, 0.05) is 59.1 Å². The minimum absolute atomic E-state index is 0. The van der Waals surface area contributed by atoms with Gasteiger partial charge in [-0.3, -0.25) is 9.59 Å². The number of carbonyl (C=O) groups excluding carboxylic acids is 1. The third-order valence-electron chi connectivity index (χ3n) is 0.954. The van der Waals surface area contributed by atoms with Crippen molar-refractivity contribution in [3.63, 3.8) is 0 Å². The van der Waals surface area contributed by atoms with Crippen LogP contribution in [0.2, 0.25) is 0 Å². The Balaban J connectivity index is -0.0000000307. The molecule has 0 aliphatic carbocycles. The van der Waals surface area contributed by atoms with Crippen LogP contribution in [0.5, 0.6) is 0 Å². The van der Waals surface area contributed by atoms with Crippen molar-refractivity contribution >= 4 is 21.8 Å². The molecule has 1 aromatic carbocycles. The molecule has 0 aromatic heterocycles. The Bertz CT molecular complexity index is 408. The first-order valence-corrected chi connectivity index (χ1v) is 7.69. The maximum Gasteiger partial charge on any atom is 0.302 e. The first-order chi connectivity index (χ1) is 9.00. The molecule has 0 fully saturated rings. The number of carbonyl (C=O) groups is 2. The minimum atomic E-state index is -2.67. The Kier molecular flexibility index (Phi) is 54.7. The Labute approximate surface area is 173 Å². The van der Waals surface area contributed by atoms with E-state index in [9.17, 15) is 13.2 Å². The molecular weight excluding hydrogens is 409 g/mol. The van der Waals surface area contributed by atoms with Crippen molar-refractivity contribution < 1.29 is 60.6 Å². The minimum Gasteiger partial charge on any atom is -0.481 e. The molecule has 0 atom stereocenters. The molecule has 0 saturated heterocycles. The number of ether oxygens (including phenoxy) is 1. The Hall–Kier alpha value is -0.786. The fraction of sp³-hybridized carbons (Fsp3) is 0.438. The summed E-state index contributed by atoms with van der Waals surface area (Å²) in [6.07, 6.45) is 2.32. The zero-order valence-corrected chi connectivity index (χ0v) is 17.6. The van der Waals surface area contributed by atoms with E-state index in [-0.39, 0.29) is 61.0 Å². The van der Waals surface area contributed by atoms with Crippen LogP contribution in [-0.2, 0) is 56.9 Å². The molecule has 1 aromatic rings. The van der Waals surface area contributed by atoms with Crippen LogP contribution >= 0.6 is 0 Å². The van der Waals surface area contributed by atoms with Gasteiger partial charge in [-0.15, -0.1) is 0 Å². The molecule has 6 nitrogen and oxygen atoms in total. The molecule has 0 saturated carbocycles. The fourth-order valence-corrected chi connectivity index (χ4v) is 0.385. The smallest absolute Gasteiger partial charge is 0.302 e. The summed E-state index contributed by atoms with van der Waals surface area (Å²) < 4.78 is 23.4. The summed E-state index contributed by atoms with van der Waals surface area (Å²) in [4.78, 5) is 18.6. The molecule has 1 rings (SSSR count). The van der Waals surface area contributed by atoms with Gasteiger partial charge in [-0.25, -0.2) is 8.42 Å². The Morgan fingerprint density at radius 1 is 0.875 bits per heavy atom. The summed E-state index contributed by atoms with van der Waals surface area (Å²) in [6.45, 7) is 2.44. The molecule has 8 heteroatoms. The molecule has 1 radical (unpaired) electrons. The third kappa shape index (κ3) is 167. The van der Waals surface area contributed by atoms with Crippen molar-refractivity contribution in [2.45, 2.75) is 28.7 Å². The second-order valence-electron chi connectivity index (χ2n) is 3.51. The van der Waals surface area contributed by atoms with E-state index in [1.807, 2.05) is 36.4 Å². The number of hydrogen-bond donors (Lipinski definition) is 1. The predicted octanol–water partition coefficient (Wildman–Crippen LogP) is 3.34. The first-order valence-electron chi connectivity index (χ1n) is 5.39. The van der Waals surface area contributed by atoms with E-state index in [1.165, 1.54) is 14.0 Å². The van der Waals surface area contributed by atoms with Crippen LogP contribution in [0.4, 0.5) is 0 Å². The zero-order valence-electron chi connectivity index (χ0n) is 13.9. The molecule has 0 unspecified atom stereocenters. The average Bonchev–Trinajstić information content (AvgIpc) is 2.29. The predicted molar refractivity (Wildman–Crippen MR) is 98.1 cm³/mol. The van der Waals surface area contributed by atoms with Crippen molar-refractivity contribution in [1.82, 2.24) is 0 Å². The Morgan fingerprint density at radius 3 is 1.00 bits per heavy atom. The third-order valence-corrected chi connectivity index (χ3v) is 0.954. The van der Waals surface area contributed by atoms with Gasteiger partial charge < -0.3 is 17.3 Å². The van der Waals surface area contributed by atoms with E-state index in [1.54, 1.807) is 0 Å². The molecule has 0 aliphatic rings. The molecule has 1 N–H and O–H groups in total. The van der Waals surface area contributed by atoms with Gasteiger partial charge in [0.05, 0.1) is 7.11 Å². The molecule has 0 amide bonds. The van der Waals surface area contributed by atoms with E-state index < -0.39 is 15.8 Å². The summed E-state index contributed by atoms with van der Waals surface area (Å²) in [5.41, 5.74) is 0. The average molecular weight is 442 g/mol. The quantitative estimate of drug-likeness (QED) is 0.489. The standard InChI is InChI=1S/C6H6.C3H6O2.C2H6O2S.C2H4O2.2CH4.CH3.Y/c1-2-4-6-5-3-1;1-3(4)5-2;1-5(2,3)4;1-2(3)4;;;;/h1-6H;2*1-2H3;1H3,(H,3,4);2*1H4;1H3;/q;;;;;;-1;. The van der Waals surface area contributed by atoms with Gasteiger partial charge in [-0.2, -0.15) is 0 Å². The number of hydrogen-bond acceptors (Lipinski definition) is 5. The van der Waals surface area contributed by atoms with Crippen LogP contribution in [0.25, 0.3) is 0 Å². The molecule has 0 spiro atoms. The van der Waals surface area contributed by atoms with Crippen molar-refractivity contribution in [3.05, 3.63) is 43.8 Å². The normalized spacial score (nSPS) is 6.88. The number of esters is 1. The van der Waals surface area contributed by atoms with Crippen LogP contribution in [0, 0.1) is 7.43 Å². The van der Waals surface area contributed by atoms with Crippen molar-refractivity contribution in [3.8, 4) is 0 Å². The van der Waals surface area contributed by atoms with Crippen LogP contribution in [0.3, 0.4) is 0 Å². The molecule has 143 valence electrons. The summed E-state index contributed by atoms with van der Waals surface area (Å²) >= 11 is 0. The number of carboxylic acids is 1. The molecule has 24 heavy (non-hydrogen) atoms. The number of carboxylic acid groups (broad SMARTS) is 1. The van der Waals surface area contributed by atoms with Crippen LogP contribution < -0.4 is 0 Å². The zero-order chi connectivity index (χ0) is 16.6. The van der Waals surface area contributed by atoms with Crippen LogP contribution in [-0.4, -0.2) is 45.1 Å². The van der Waals surface area contributed by atoms with E-state index in [2.05, 4.69) is 4.74 Å². The van der Waals surface area contributed by atoms with Crippen molar-refractivity contribution in [1.29, 1.82) is 0 Å². The maximum atomic E-state index is 9.63. The van der Waals surface area contributed by atoms with Crippen LogP contribution in [0.15, 0.2) is 36.4 Å². The van der Waals surface area contributed by atoms with Gasteiger partial charge in [0.2, 0.25) is 0 Å². The van der Waals surface area contributed by atoms with Gasteiger partial charge in [-0.1, -0.05) is 51.3 Å². The molecular formula is C16H33O6SY-. The fourth-order valence-electron chi connectivity index (χ4n) is 0.385. The van der Waals surface area contributed by atoms with E-state index in [4.69, 9.17) is 9.90 Å². The van der Waals surface area contributed by atoms with Crippen molar-refractivity contribution in [2.24, 2.45) is 0 Å². The van der Waals surface area contributed by atoms with Gasteiger partial charge >= 0.3 is 5.97 Å². The van der Waals surface area contributed by atoms with Crippen molar-refractivity contribution in [2.75, 3.05) is 19.6 Å². The Morgan fingerprint density at radius 2 is 0.958 bits per heavy atom. The van der Waals surface area contributed by atoms with Gasteiger partial charge in [-0.05, 0) is 0 Å². The van der Waals surface area contributed by atoms with E-state index in [0.717, 1.165) is 19.4 Å². The summed E-state index contributed by atoms with van der Waals surface area (Å²) in [5.74, 6) is -1.08. The molecule has 0 aliphatic heterocycles. The van der Waals surface area contributed by atoms with Gasteiger partial charge in [0.1, 0.15) is 9.84 Å². The molecule has 0 bridgehead atoms. The molecule has 0 heterocycles.